The summed E-state index contributed by atoms with van der Waals surface area (Å²) in [5.41, 5.74) is 0.473. The minimum absolute atomic E-state index is 0.409. The first-order chi connectivity index (χ1) is 10.5. The molecular formula is C18H13F3N. The maximum Gasteiger partial charge on any atom is 0.430 e. The van der Waals surface area contributed by atoms with Gasteiger partial charge in [0.2, 0.25) is 0 Å². The number of fused-ring (bicyclic) bond motifs is 1. The Morgan fingerprint density at radius 2 is 1.50 bits per heavy atom. The fraction of sp³-hybridized carbons (Fsp3) is 0.222. The molecule has 4 rings (SSSR count). The molecular weight excluding hydrogens is 287 g/mol. The molecule has 2 aromatic rings. The van der Waals surface area contributed by atoms with Crippen LogP contribution in [-0.4, -0.2) is 11.9 Å². The summed E-state index contributed by atoms with van der Waals surface area (Å²) in [7, 11) is 0. The summed E-state index contributed by atoms with van der Waals surface area (Å²) >= 11 is 0. The molecule has 4 heteroatoms. The van der Waals surface area contributed by atoms with Crippen LogP contribution in [0.15, 0.2) is 59.6 Å². The second kappa shape index (κ2) is 4.45. The van der Waals surface area contributed by atoms with Crippen LogP contribution < -0.4 is 0 Å². The van der Waals surface area contributed by atoms with Gasteiger partial charge in [-0.25, -0.2) is 4.99 Å². The van der Waals surface area contributed by atoms with Crippen molar-refractivity contribution in [2.75, 3.05) is 0 Å². The predicted octanol–water partition coefficient (Wildman–Crippen LogP) is 5.09. The van der Waals surface area contributed by atoms with Gasteiger partial charge in [-0.1, -0.05) is 48.5 Å². The third-order valence-electron chi connectivity index (χ3n) is 4.42. The van der Waals surface area contributed by atoms with Crippen LogP contribution in [0.1, 0.15) is 24.0 Å². The van der Waals surface area contributed by atoms with Crippen LogP contribution >= 0.6 is 0 Å². The summed E-state index contributed by atoms with van der Waals surface area (Å²) in [6.45, 7) is 0. The molecule has 0 unspecified atom stereocenters. The first kappa shape index (κ1) is 13.6. The molecule has 0 saturated heterocycles. The van der Waals surface area contributed by atoms with Crippen LogP contribution in [0, 0.1) is 11.3 Å². The first-order valence-corrected chi connectivity index (χ1v) is 7.21. The Bertz CT molecular complexity index is 742. The minimum atomic E-state index is -4.40. The molecule has 111 valence electrons. The number of para-hydroxylation sites is 1. The van der Waals surface area contributed by atoms with Gasteiger partial charge in [-0.15, -0.1) is 0 Å². The molecule has 1 radical (unpaired) electrons. The zero-order valence-corrected chi connectivity index (χ0v) is 11.7. The third-order valence-corrected chi connectivity index (χ3v) is 4.42. The van der Waals surface area contributed by atoms with Crippen LogP contribution in [0.2, 0.25) is 0 Å². The molecule has 0 amide bonds. The average molecular weight is 300 g/mol. The molecule has 1 fully saturated rings. The Kier molecular flexibility index (Phi) is 2.74. The Morgan fingerprint density at radius 1 is 0.864 bits per heavy atom. The Morgan fingerprint density at radius 3 is 2.14 bits per heavy atom. The Balaban J connectivity index is 1.96. The van der Waals surface area contributed by atoms with Crippen molar-refractivity contribution in [3.63, 3.8) is 0 Å². The van der Waals surface area contributed by atoms with Gasteiger partial charge in [0.25, 0.3) is 0 Å². The van der Waals surface area contributed by atoms with Crippen LogP contribution in [0.5, 0.6) is 0 Å². The van der Waals surface area contributed by atoms with Gasteiger partial charge in [0.1, 0.15) is 5.71 Å². The first-order valence-electron chi connectivity index (χ1n) is 7.21. The van der Waals surface area contributed by atoms with E-state index in [-0.39, 0.29) is 0 Å². The van der Waals surface area contributed by atoms with Gasteiger partial charge >= 0.3 is 6.18 Å². The quantitative estimate of drug-likeness (QED) is 0.696. The lowest BCUT2D eigenvalue weighted by Gasteiger charge is -2.34. The van der Waals surface area contributed by atoms with Crippen molar-refractivity contribution >= 4 is 11.4 Å². The Hall–Kier alpha value is -2.10. The number of hydrogen-bond donors (Lipinski definition) is 0. The van der Waals surface area contributed by atoms with Gasteiger partial charge in [0.15, 0.2) is 0 Å². The molecule has 1 aliphatic carbocycles. The van der Waals surface area contributed by atoms with E-state index in [1.54, 1.807) is 12.1 Å². The second-order valence-electron chi connectivity index (χ2n) is 5.80. The lowest BCUT2D eigenvalue weighted by Crippen LogP contribution is -2.38. The highest BCUT2D eigenvalue weighted by atomic mass is 19.4. The number of nitrogens with zero attached hydrogens (tertiary/aromatic N) is 1. The van der Waals surface area contributed by atoms with Crippen molar-refractivity contribution in [1.29, 1.82) is 0 Å². The van der Waals surface area contributed by atoms with Crippen LogP contribution in [-0.2, 0) is 0 Å². The van der Waals surface area contributed by atoms with Gasteiger partial charge in [-0.3, -0.25) is 0 Å². The van der Waals surface area contributed by atoms with Gasteiger partial charge < -0.3 is 0 Å². The van der Waals surface area contributed by atoms with Crippen molar-refractivity contribution in [3.05, 3.63) is 71.6 Å². The molecule has 1 heterocycles. The van der Waals surface area contributed by atoms with Crippen LogP contribution in [0.25, 0.3) is 0 Å². The largest absolute Gasteiger partial charge is 0.430 e. The number of rotatable bonds is 1. The van der Waals surface area contributed by atoms with Gasteiger partial charge in [-0.2, -0.15) is 13.2 Å². The fourth-order valence-corrected chi connectivity index (χ4v) is 3.37. The van der Waals surface area contributed by atoms with Gasteiger partial charge in [-0.05, 0) is 30.0 Å². The molecule has 0 aromatic heterocycles. The van der Waals surface area contributed by atoms with E-state index in [0.717, 1.165) is 17.0 Å². The molecule has 1 saturated carbocycles. The predicted molar refractivity (Wildman–Crippen MR) is 79.1 cm³/mol. The average Bonchev–Trinajstić information content (AvgIpc) is 3.27. The van der Waals surface area contributed by atoms with E-state index in [2.05, 4.69) is 4.99 Å². The van der Waals surface area contributed by atoms with E-state index in [4.69, 9.17) is 0 Å². The number of aliphatic imine (C=N–C) groups is 1. The molecule has 1 aliphatic heterocycles. The molecule has 1 spiro atoms. The van der Waals surface area contributed by atoms with E-state index in [1.807, 2.05) is 42.5 Å². The highest BCUT2D eigenvalue weighted by molar-refractivity contribution is 6.04. The monoisotopic (exact) mass is 300 g/mol. The van der Waals surface area contributed by atoms with E-state index in [1.165, 1.54) is 0 Å². The second-order valence-corrected chi connectivity index (χ2v) is 5.80. The smallest absolute Gasteiger partial charge is 0.247 e. The fourth-order valence-electron chi connectivity index (χ4n) is 3.37. The van der Waals surface area contributed by atoms with E-state index in [0.29, 0.717) is 18.5 Å². The lowest BCUT2D eigenvalue weighted by atomic mass is 9.73. The molecule has 2 aliphatic rings. The number of alkyl halides is 3. The molecule has 0 N–H and O–H groups in total. The van der Waals surface area contributed by atoms with Crippen LogP contribution in [0.3, 0.4) is 0 Å². The zero-order chi connectivity index (χ0) is 15.4. The maximum atomic E-state index is 13.5. The summed E-state index contributed by atoms with van der Waals surface area (Å²) in [6.07, 6.45) is -3.39. The van der Waals surface area contributed by atoms with E-state index >= 15 is 0 Å². The summed E-state index contributed by atoms with van der Waals surface area (Å²) in [4.78, 5) is 3.98. The summed E-state index contributed by atoms with van der Waals surface area (Å²) < 4.78 is 40.5. The van der Waals surface area contributed by atoms with E-state index in [9.17, 15) is 13.2 Å². The topological polar surface area (TPSA) is 12.4 Å². The van der Waals surface area contributed by atoms with Gasteiger partial charge in [0.05, 0.1) is 5.69 Å². The van der Waals surface area contributed by atoms with E-state index < -0.39 is 17.3 Å². The molecule has 0 bridgehead atoms. The molecule has 2 aromatic carbocycles. The molecule has 22 heavy (non-hydrogen) atoms. The lowest BCUT2D eigenvalue weighted by molar-refractivity contribution is -0.0633. The molecule has 0 atom stereocenters. The van der Waals surface area contributed by atoms with Crippen molar-refractivity contribution in [2.45, 2.75) is 19.0 Å². The summed E-state index contributed by atoms with van der Waals surface area (Å²) in [5, 5.41) is 0. The number of hydrogen-bond acceptors (Lipinski definition) is 1. The van der Waals surface area contributed by atoms with Crippen LogP contribution in [0.4, 0.5) is 18.9 Å². The standard InChI is InChI=1S/C18H13F3N/c19-18(20,21)16-17(10-11-17)15(12-6-2-1-3-7-12)13-8-4-5-9-14(13)22-16/h1-9H,10-11H2. The normalized spacial score (nSPS) is 19.7. The summed E-state index contributed by atoms with van der Waals surface area (Å²) in [6, 6.07) is 16.5. The van der Waals surface area contributed by atoms with Crippen molar-refractivity contribution in [2.24, 2.45) is 10.4 Å². The number of halogens is 3. The van der Waals surface area contributed by atoms with Crippen molar-refractivity contribution in [3.8, 4) is 0 Å². The summed E-state index contributed by atoms with van der Waals surface area (Å²) in [5.74, 6) is 0.769. The highest BCUT2D eigenvalue weighted by Gasteiger charge is 2.63. The van der Waals surface area contributed by atoms with Gasteiger partial charge in [0, 0.05) is 11.3 Å². The highest BCUT2D eigenvalue weighted by Crippen LogP contribution is 2.64. The zero-order valence-electron chi connectivity index (χ0n) is 11.7. The number of benzene rings is 2. The minimum Gasteiger partial charge on any atom is -0.247 e. The molecule has 1 nitrogen and oxygen atoms in total. The SMILES string of the molecule is FC(F)(F)C1=Nc2ccccc2[C](c2ccccc2)C12CC2. The van der Waals surface area contributed by atoms with Crippen molar-refractivity contribution in [1.82, 2.24) is 0 Å². The third kappa shape index (κ3) is 1.90. The maximum absolute atomic E-state index is 13.5. The Labute approximate surface area is 126 Å². The van der Waals surface area contributed by atoms with Crippen molar-refractivity contribution < 1.29 is 13.2 Å².